The summed E-state index contributed by atoms with van der Waals surface area (Å²) in [5.74, 6) is 0. The molecule has 0 atom stereocenters. The van der Waals surface area contributed by atoms with Crippen molar-refractivity contribution in [3.63, 3.8) is 0 Å². The molecule has 0 aromatic rings. The molecule has 0 heterocycles. The number of carbonyl (C=O) groups is 1. The van der Waals surface area contributed by atoms with Crippen LogP contribution in [0.2, 0.25) is 0 Å². The number of hydrogen-bond donors (Lipinski definition) is 2. The van der Waals surface area contributed by atoms with Crippen LogP contribution < -0.4 is 0 Å². The van der Waals surface area contributed by atoms with Crippen LogP contribution in [0.1, 0.15) is 20.8 Å². The van der Waals surface area contributed by atoms with Gasteiger partial charge in [-0.2, -0.15) is 8.42 Å². The monoisotopic (exact) mass is 254 g/mol. The quantitative estimate of drug-likeness (QED) is 0.301. The van der Waals surface area contributed by atoms with Gasteiger partial charge in [0.25, 0.3) is 0 Å². The molecule has 0 bridgehead atoms. The van der Waals surface area contributed by atoms with E-state index in [0.29, 0.717) is 0 Å². The normalized spacial score (nSPS) is 11.4. The van der Waals surface area contributed by atoms with Gasteiger partial charge in [0.15, 0.2) is 0 Å². The van der Waals surface area contributed by atoms with E-state index in [2.05, 4.69) is 4.33 Å². The Morgan fingerprint density at radius 3 is 1.64 bits per heavy atom. The fourth-order valence-electron chi connectivity index (χ4n) is 0.431. The van der Waals surface area contributed by atoms with Crippen LogP contribution in [-0.2, 0) is 19.5 Å². The van der Waals surface area contributed by atoms with Crippen molar-refractivity contribution in [1.29, 1.82) is 0 Å². The molecule has 0 rings (SSSR count). The Labute approximate surface area is 116 Å². The molecule has 0 spiro atoms. The third-order valence-electron chi connectivity index (χ3n) is 0.544. The Kier molecular flexibility index (Phi) is 8.98. The molecule has 80 valence electrons. The van der Waals surface area contributed by atoms with Crippen LogP contribution in [0.15, 0.2) is 0 Å². The Hall–Kier alpha value is 0.936. The van der Waals surface area contributed by atoms with Crippen LogP contribution in [0.25, 0.3) is 0 Å². The maximum absolute atomic E-state index is 10.3. The second-order valence-corrected chi connectivity index (χ2v) is 5.49. The van der Waals surface area contributed by atoms with Gasteiger partial charge in [-0.1, -0.05) is 4.33 Å². The molecule has 14 heavy (non-hydrogen) atoms. The molecule has 0 aliphatic rings. The number of hydrogen-bond acceptors (Lipinski definition) is 6. The molecular weight excluding hydrogens is 243 g/mol. The van der Waals surface area contributed by atoms with Gasteiger partial charge >= 0.3 is 95.3 Å². The van der Waals surface area contributed by atoms with E-state index in [-0.39, 0.29) is 54.6 Å². The molecule has 0 radical (unpaired) electrons. The van der Waals surface area contributed by atoms with Crippen molar-refractivity contribution < 1.29 is 32.1 Å². The summed E-state index contributed by atoms with van der Waals surface area (Å²) in [7, 11) is -4.61. The predicted octanol–water partition coefficient (Wildman–Crippen LogP) is 0.369. The second kappa shape index (κ2) is 7.25. The molecule has 0 aromatic heterocycles. The van der Waals surface area contributed by atoms with Gasteiger partial charge in [0.05, 0.1) is 0 Å². The van der Waals surface area contributed by atoms with Gasteiger partial charge < -0.3 is 0 Å². The van der Waals surface area contributed by atoms with Crippen molar-refractivity contribution in [2.45, 2.75) is 26.4 Å². The van der Waals surface area contributed by atoms with Crippen LogP contribution in [-0.4, -0.2) is 72.8 Å². The zero-order valence-corrected chi connectivity index (χ0v) is 12.3. The molecule has 2 N–H and O–H groups in total. The van der Waals surface area contributed by atoms with Crippen LogP contribution in [0.3, 0.4) is 0 Å². The SMILES string of the molecule is CC(C)(C)O[C](=O)[K].O=S(=O)(O)OO. The van der Waals surface area contributed by atoms with Gasteiger partial charge in [0, 0.05) is 0 Å². The standard InChI is InChI=1S/C5H9O2.K.H2O5S/c1-5(2,3)7-4-6;;1-5-6(2,3)4/h1-3H3;;1H,(H,2,3,4). The first kappa shape index (κ1) is 17.3. The van der Waals surface area contributed by atoms with Crippen LogP contribution in [0.4, 0.5) is 4.79 Å². The zero-order chi connectivity index (χ0) is 12.0. The summed E-state index contributed by atoms with van der Waals surface area (Å²) >= 11 is 0.167. The zero-order valence-electron chi connectivity index (χ0n) is 8.34. The largest absolute Gasteiger partial charge is 0.423 e. The first-order chi connectivity index (χ1) is 5.98. The van der Waals surface area contributed by atoms with E-state index >= 15 is 0 Å². The minimum Gasteiger partial charge on any atom is -0.262 e. The Morgan fingerprint density at radius 2 is 1.64 bits per heavy atom. The summed E-state index contributed by atoms with van der Waals surface area (Å²) in [6.07, 6.45) is 0. The van der Waals surface area contributed by atoms with Gasteiger partial charge in [-0.3, -0.25) is 4.55 Å². The van der Waals surface area contributed by atoms with E-state index < -0.39 is 10.4 Å². The van der Waals surface area contributed by atoms with E-state index in [0.717, 1.165) is 0 Å². The molecule has 0 aromatic carbocycles. The van der Waals surface area contributed by atoms with E-state index in [4.69, 9.17) is 23.0 Å². The molecule has 0 aliphatic heterocycles. The Balaban J connectivity index is 0. The molecular formula is C5H11KO7S. The second-order valence-electron chi connectivity index (χ2n) is 3.21. The van der Waals surface area contributed by atoms with Gasteiger partial charge in [-0.05, 0) is 0 Å². The fourth-order valence-corrected chi connectivity index (χ4v) is 1.39. The van der Waals surface area contributed by atoms with Crippen molar-refractivity contribution >= 4 is 59.4 Å². The topological polar surface area (TPSA) is 110 Å². The third-order valence-corrected chi connectivity index (χ3v) is 1.05. The Morgan fingerprint density at radius 1 is 1.36 bits per heavy atom. The minimum absolute atomic E-state index is 0.0370. The van der Waals surface area contributed by atoms with Gasteiger partial charge in [0.1, 0.15) is 0 Å². The number of ether oxygens (including phenoxy) is 1. The van der Waals surface area contributed by atoms with Gasteiger partial charge in [-0.15, -0.1) is 0 Å². The summed E-state index contributed by atoms with van der Waals surface area (Å²) in [6, 6.07) is 0. The van der Waals surface area contributed by atoms with Gasteiger partial charge in [0.2, 0.25) is 0 Å². The van der Waals surface area contributed by atoms with Crippen molar-refractivity contribution in [3.05, 3.63) is 0 Å². The first-order valence-corrected chi connectivity index (χ1v) is 6.40. The fraction of sp³-hybridized carbons (Fsp3) is 0.800. The van der Waals surface area contributed by atoms with Gasteiger partial charge in [-0.25, -0.2) is 5.26 Å². The van der Waals surface area contributed by atoms with Crippen LogP contribution in [0.5, 0.6) is 0 Å². The summed E-state index contributed by atoms with van der Waals surface area (Å²) < 4.78 is 32.8. The summed E-state index contributed by atoms with van der Waals surface area (Å²) in [4.78, 5) is 10.3. The van der Waals surface area contributed by atoms with E-state index in [1.807, 2.05) is 20.8 Å². The number of rotatable bonds is 1. The molecule has 7 nitrogen and oxygen atoms in total. The molecule has 0 fully saturated rings. The van der Waals surface area contributed by atoms with Crippen molar-refractivity contribution in [1.82, 2.24) is 0 Å². The average Bonchev–Trinajstić information content (AvgIpc) is 1.81. The van der Waals surface area contributed by atoms with Crippen molar-refractivity contribution in [2.75, 3.05) is 0 Å². The summed E-state index contributed by atoms with van der Waals surface area (Å²) in [5.41, 5.74) is -0.281. The third kappa shape index (κ3) is 23.1. The molecule has 0 amide bonds. The predicted molar refractivity (Wildman–Crippen MR) is 47.3 cm³/mol. The molecule has 0 saturated heterocycles. The van der Waals surface area contributed by atoms with E-state index in [1.54, 1.807) is 0 Å². The molecule has 0 unspecified atom stereocenters. The summed E-state index contributed by atoms with van der Waals surface area (Å²) in [5, 5.41) is 7.06. The molecule has 0 aliphatic carbocycles. The number of carbonyl (C=O) groups excluding carboxylic acids is 1. The summed E-state index contributed by atoms with van der Waals surface area (Å²) in [6.45, 7) is 5.62. The maximum atomic E-state index is 10.3. The first-order valence-electron chi connectivity index (χ1n) is 3.48. The Bertz CT molecular complexity index is 264. The van der Waals surface area contributed by atoms with Crippen molar-refractivity contribution in [2.24, 2.45) is 0 Å². The van der Waals surface area contributed by atoms with E-state index in [1.165, 1.54) is 0 Å². The van der Waals surface area contributed by atoms with Crippen molar-refractivity contribution in [3.8, 4) is 0 Å². The van der Waals surface area contributed by atoms with Crippen LogP contribution >= 0.6 is 0 Å². The smallest absolute Gasteiger partial charge is 0.262 e. The molecule has 9 heteroatoms. The molecule has 0 saturated carbocycles. The maximum Gasteiger partial charge on any atom is 0.423 e. The minimum atomic E-state index is -4.61. The average molecular weight is 254 g/mol. The van der Waals surface area contributed by atoms with Crippen LogP contribution in [0, 0.1) is 0 Å². The van der Waals surface area contributed by atoms with E-state index in [9.17, 15) is 4.79 Å².